The van der Waals surface area contributed by atoms with Gasteiger partial charge >= 0.3 is 0 Å². The van der Waals surface area contributed by atoms with Crippen molar-refractivity contribution in [3.05, 3.63) is 28.8 Å². The van der Waals surface area contributed by atoms with Crippen LogP contribution in [0.25, 0.3) is 0 Å². The van der Waals surface area contributed by atoms with E-state index < -0.39 is 5.79 Å². The van der Waals surface area contributed by atoms with Crippen LogP contribution in [-0.2, 0) is 16.0 Å². The summed E-state index contributed by atoms with van der Waals surface area (Å²) in [7, 11) is 0. The van der Waals surface area contributed by atoms with Crippen molar-refractivity contribution in [2.75, 3.05) is 0 Å². The summed E-state index contributed by atoms with van der Waals surface area (Å²) in [5.74, 6) is -0.322. The van der Waals surface area contributed by atoms with Crippen LogP contribution in [0.2, 0.25) is 5.02 Å². The molecule has 3 atom stereocenters. The monoisotopic (exact) mass is 297 g/mol. The summed E-state index contributed by atoms with van der Waals surface area (Å²) in [4.78, 5) is 0. The highest BCUT2D eigenvalue weighted by Crippen LogP contribution is 2.38. The number of ether oxygens (including phenoxy) is 2. The van der Waals surface area contributed by atoms with Crippen LogP contribution < -0.4 is 5.32 Å². The molecule has 1 aliphatic heterocycles. The van der Waals surface area contributed by atoms with Crippen LogP contribution in [0.1, 0.15) is 32.3 Å². The number of halogens is 1. The Kier molecular flexibility index (Phi) is 3.67. The molecule has 2 N–H and O–H groups in total. The molecule has 1 saturated heterocycles. The maximum atomic E-state index is 9.58. The van der Waals surface area contributed by atoms with Gasteiger partial charge in [-0.3, -0.25) is 0 Å². The molecule has 2 fully saturated rings. The van der Waals surface area contributed by atoms with Crippen molar-refractivity contribution >= 4 is 11.6 Å². The molecule has 3 rings (SSSR count). The topological polar surface area (TPSA) is 50.7 Å². The fourth-order valence-electron chi connectivity index (χ4n) is 3.09. The van der Waals surface area contributed by atoms with Crippen molar-refractivity contribution in [2.24, 2.45) is 0 Å². The van der Waals surface area contributed by atoms with Gasteiger partial charge in [-0.2, -0.15) is 0 Å². The molecular formula is C15H20ClNO3. The van der Waals surface area contributed by atoms with Crippen molar-refractivity contribution < 1.29 is 14.6 Å². The first-order valence-electron chi connectivity index (χ1n) is 7.00. The molecule has 0 amide bonds. The molecule has 0 bridgehead atoms. The second kappa shape index (κ2) is 5.19. The highest BCUT2D eigenvalue weighted by molar-refractivity contribution is 6.32. The Morgan fingerprint density at radius 1 is 1.30 bits per heavy atom. The Hall–Kier alpha value is -0.810. The van der Waals surface area contributed by atoms with Gasteiger partial charge in [0.05, 0.1) is 17.2 Å². The van der Waals surface area contributed by atoms with Crippen LogP contribution in [0.4, 0.5) is 0 Å². The standard InChI is InChI=1S/C15H20ClNO3/c1-15(2)19-12-6-10(7-13(12)20-15)17-8-9-4-3-5-11(18)14(9)16/h3-5,10,12-13,17-18H,6-8H2,1-2H3/t10?,12-,13+. The van der Waals surface area contributed by atoms with Gasteiger partial charge in [0, 0.05) is 12.6 Å². The zero-order valence-electron chi connectivity index (χ0n) is 11.7. The quantitative estimate of drug-likeness (QED) is 0.901. The Morgan fingerprint density at radius 2 is 1.95 bits per heavy atom. The van der Waals surface area contributed by atoms with Gasteiger partial charge in [0.15, 0.2) is 5.79 Å². The number of hydrogen-bond donors (Lipinski definition) is 2. The third kappa shape index (κ3) is 2.79. The van der Waals surface area contributed by atoms with E-state index in [1.54, 1.807) is 12.1 Å². The minimum atomic E-state index is -0.450. The van der Waals surface area contributed by atoms with Crippen LogP contribution in [0.3, 0.4) is 0 Å². The predicted molar refractivity (Wildman–Crippen MR) is 76.8 cm³/mol. The molecule has 1 aromatic carbocycles. The second-order valence-corrected chi connectivity index (χ2v) is 6.39. The number of rotatable bonds is 3. The lowest BCUT2D eigenvalue weighted by Gasteiger charge is -2.21. The van der Waals surface area contributed by atoms with Gasteiger partial charge in [0.2, 0.25) is 0 Å². The average Bonchev–Trinajstić information content (AvgIpc) is 2.84. The Bertz CT molecular complexity index is 490. The van der Waals surface area contributed by atoms with Gasteiger partial charge in [-0.05, 0) is 38.3 Å². The number of nitrogens with one attached hydrogen (secondary N) is 1. The van der Waals surface area contributed by atoms with Crippen LogP contribution in [-0.4, -0.2) is 29.1 Å². The van der Waals surface area contributed by atoms with E-state index in [1.807, 2.05) is 19.9 Å². The van der Waals surface area contributed by atoms with Crippen molar-refractivity contribution in [1.29, 1.82) is 0 Å². The molecule has 110 valence electrons. The van der Waals surface area contributed by atoms with Crippen LogP contribution in [0.5, 0.6) is 5.75 Å². The summed E-state index contributed by atoms with van der Waals surface area (Å²) in [5.41, 5.74) is 0.908. The molecule has 20 heavy (non-hydrogen) atoms. The normalized spacial score (nSPS) is 31.4. The number of phenolic OH excluding ortho intramolecular Hbond substituents is 1. The lowest BCUT2D eigenvalue weighted by atomic mass is 10.2. The summed E-state index contributed by atoms with van der Waals surface area (Å²) in [6.45, 7) is 4.56. The van der Waals surface area contributed by atoms with Crippen LogP contribution in [0.15, 0.2) is 18.2 Å². The molecule has 0 radical (unpaired) electrons. The molecule has 1 unspecified atom stereocenters. The van der Waals surface area contributed by atoms with Gasteiger partial charge in [-0.1, -0.05) is 23.7 Å². The third-order valence-corrected chi connectivity index (χ3v) is 4.39. The molecular weight excluding hydrogens is 278 g/mol. The summed E-state index contributed by atoms with van der Waals surface area (Å²) >= 11 is 6.07. The molecule has 1 aliphatic carbocycles. The molecule has 1 heterocycles. The van der Waals surface area contributed by atoms with Crippen molar-refractivity contribution in [3.63, 3.8) is 0 Å². The first-order valence-corrected chi connectivity index (χ1v) is 7.38. The Balaban J connectivity index is 1.55. The first-order chi connectivity index (χ1) is 9.44. The lowest BCUT2D eigenvalue weighted by molar-refractivity contribution is -0.152. The largest absolute Gasteiger partial charge is 0.506 e. The summed E-state index contributed by atoms with van der Waals surface area (Å²) in [6.07, 6.45) is 2.26. The van der Waals surface area contributed by atoms with Gasteiger partial charge in [-0.25, -0.2) is 0 Å². The zero-order valence-corrected chi connectivity index (χ0v) is 12.5. The minimum Gasteiger partial charge on any atom is -0.506 e. The zero-order chi connectivity index (χ0) is 14.3. The smallest absolute Gasteiger partial charge is 0.163 e. The average molecular weight is 298 g/mol. The van der Waals surface area contributed by atoms with Gasteiger partial charge < -0.3 is 19.9 Å². The summed E-state index contributed by atoms with van der Waals surface area (Å²) < 4.78 is 11.7. The molecule has 2 aliphatic rings. The molecule has 5 heteroatoms. The molecule has 0 spiro atoms. The molecule has 4 nitrogen and oxygen atoms in total. The minimum absolute atomic E-state index is 0.127. The van der Waals surface area contributed by atoms with E-state index in [4.69, 9.17) is 21.1 Å². The lowest BCUT2D eigenvalue weighted by Crippen LogP contribution is -2.30. The van der Waals surface area contributed by atoms with E-state index >= 15 is 0 Å². The highest BCUT2D eigenvalue weighted by Gasteiger charge is 2.47. The summed E-state index contributed by atoms with van der Waals surface area (Å²) in [6, 6.07) is 5.67. The Morgan fingerprint density at radius 3 is 2.60 bits per heavy atom. The fourth-order valence-corrected chi connectivity index (χ4v) is 3.28. The van der Waals surface area contributed by atoms with E-state index in [0.29, 0.717) is 17.6 Å². The molecule has 0 aromatic heterocycles. The van der Waals surface area contributed by atoms with Crippen LogP contribution in [0, 0.1) is 0 Å². The van der Waals surface area contributed by atoms with E-state index in [9.17, 15) is 5.11 Å². The second-order valence-electron chi connectivity index (χ2n) is 6.01. The number of benzene rings is 1. The van der Waals surface area contributed by atoms with Gasteiger partial charge in [0.1, 0.15) is 5.75 Å². The van der Waals surface area contributed by atoms with E-state index in [0.717, 1.165) is 18.4 Å². The SMILES string of the molecule is CC1(C)O[C@H]2CC(NCc3cccc(O)c3Cl)C[C@H]2O1. The summed E-state index contributed by atoms with van der Waals surface area (Å²) in [5, 5.41) is 13.5. The number of aromatic hydroxyl groups is 1. The number of phenols is 1. The fraction of sp³-hybridized carbons (Fsp3) is 0.600. The maximum Gasteiger partial charge on any atom is 0.163 e. The predicted octanol–water partition coefficient (Wildman–Crippen LogP) is 2.82. The third-order valence-electron chi connectivity index (χ3n) is 3.96. The molecule has 1 saturated carbocycles. The Labute approximate surface area is 124 Å². The van der Waals surface area contributed by atoms with Crippen molar-refractivity contribution in [2.45, 2.75) is 57.3 Å². The number of fused-ring (bicyclic) bond motifs is 1. The van der Waals surface area contributed by atoms with E-state index in [2.05, 4.69) is 5.32 Å². The highest BCUT2D eigenvalue weighted by atomic mass is 35.5. The van der Waals surface area contributed by atoms with E-state index in [1.165, 1.54) is 0 Å². The first kappa shape index (κ1) is 14.1. The maximum absolute atomic E-state index is 9.58. The van der Waals surface area contributed by atoms with Gasteiger partial charge in [0.25, 0.3) is 0 Å². The van der Waals surface area contributed by atoms with Gasteiger partial charge in [-0.15, -0.1) is 0 Å². The van der Waals surface area contributed by atoms with E-state index in [-0.39, 0.29) is 18.0 Å². The van der Waals surface area contributed by atoms with Crippen molar-refractivity contribution in [3.8, 4) is 5.75 Å². The number of hydrogen-bond acceptors (Lipinski definition) is 4. The van der Waals surface area contributed by atoms with Crippen LogP contribution >= 0.6 is 11.6 Å². The molecule has 1 aromatic rings. The van der Waals surface area contributed by atoms with Crippen molar-refractivity contribution in [1.82, 2.24) is 5.32 Å².